The minimum Gasteiger partial charge on any atom is -0.267 e. The van der Waals surface area contributed by atoms with Gasteiger partial charge in [0.15, 0.2) is 0 Å². The van der Waals surface area contributed by atoms with Crippen LogP contribution in [0.3, 0.4) is 0 Å². The van der Waals surface area contributed by atoms with Crippen LogP contribution in [0, 0.1) is 0 Å². The average Bonchev–Trinajstić information content (AvgIpc) is 2.76. The molecule has 0 saturated carbocycles. The summed E-state index contributed by atoms with van der Waals surface area (Å²) in [4.78, 5) is 11.7. The molecule has 3 aromatic rings. The summed E-state index contributed by atoms with van der Waals surface area (Å²) in [7, 11) is 0. The second-order valence-electron chi connectivity index (χ2n) is 4.34. The summed E-state index contributed by atoms with van der Waals surface area (Å²) in [5, 5.41) is 3.10. The minimum absolute atomic E-state index is 0.277. The van der Waals surface area contributed by atoms with Gasteiger partial charge in [-0.1, -0.05) is 12.1 Å². The Labute approximate surface area is 111 Å². The molecular weight excluding hydrogens is 269 g/mol. The maximum Gasteiger partial charge on any atom is 0.416 e. The maximum atomic E-state index is 12.5. The quantitative estimate of drug-likeness (QED) is 0.728. The maximum absolute atomic E-state index is 12.5. The first kappa shape index (κ1) is 12.5. The molecule has 0 radical (unpaired) electrons. The molecule has 1 N–H and O–H groups in total. The van der Waals surface area contributed by atoms with Crippen LogP contribution in [-0.4, -0.2) is 9.78 Å². The number of para-hydroxylation sites is 1. The second kappa shape index (κ2) is 4.26. The number of fused-ring (bicyclic) bond motifs is 1. The van der Waals surface area contributed by atoms with E-state index in [1.807, 2.05) is 0 Å². The predicted molar refractivity (Wildman–Crippen MR) is 68.9 cm³/mol. The van der Waals surface area contributed by atoms with Gasteiger partial charge in [-0.2, -0.15) is 13.2 Å². The molecule has 20 heavy (non-hydrogen) atoms. The van der Waals surface area contributed by atoms with Gasteiger partial charge in [0, 0.05) is 0 Å². The molecule has 0 unspecified atom stereocenters. The molecule has 0 bridgehead atoms. The molecule has 0 aliphatic heterocycles. The summed E-state index contributed by atoms with van der Waals surface area (Å²) in [6.07, 6.45) is -4.37. The summed E-state index contributed by atoms with van der Waals surface area (Å²) in [6.45, 7) is 0. The van der Waals surface area contributed by atoms with Crippen molar-refractivity contribution in [1.82, 2.24) is 9.78 Å². The SMILES string of the molecule is O=c1[nH]n(-c2ccc(C(F)(F)F)cc2)c2ccccc12. The topological polar surface area (TPSA) is 37.8 Å². The number of alkyl halides is 3. The third-order valence-corrected chi connectivity index (χ3v) is 3.06. The van der Waals surface area contributed by atoms with E-state index >= 15 is 0 Å². The van der Waals surface area contributed by atoms with E-state index < -0.39 is 11.7 Å². The molecule has 0 aliphatic rings. The van der Waals surface area contributed by atoms with Gasteiger partial charge in [0.1, 0.15) is 0 Å². The molecule has 3 nitrogen and oxygen atoms in total. The summed E-state index contributed by atoms with van der Waals surface area (Å²) in [5.41, 5.74) is 0.0918. The standard InChI is InChI=1S/C14H9F3N2O/c15-14(16,17)9-5-7-10(8-6-9)19-12-4-2-1-3-11(12)13(20)18-19/h1-8H,(H,18,20). The number of aromatic nitrogens is 2. The van der Waals surface area contributed by atoms with E-state index in [0.29, 0.717) is 16.6 Å². The summed E-state index contributed by atoms with van der Waals surface area (Å²) in [6, 6.07) is 11.5. The lowest BCUT2D eigenvalue weighted by Gasteiger charge is -2.08. The zero-order chi connectivity index (χ0) is 14.3. The molecule has 3 rings (SSSR count). The highest BCUT2D eigenvalue weighted by atomic mass is 19.4. The Bertz CT molecular complexity index is 813. The second-order valence-corrected chi connectivity index (χ2v) is 4.34. The van der Waals surface area contributed by atoms with E-state index in [0.717, 1.165) is 12.1 Å². The Hall–Kier alpha value is -2.50. The molecule has 2 aromatic carbocycles. The number of benzene rings is 2. The monoisotopic (exact) mass is 278 g/mol. The van der Waals surface area contributed by atoms with Crippen LogP contribution in [0.2, 0.25) is 0 Å². The van der Waals surface area contributed by atoms with Crippen LogP contribution >= 0.6 is 0 Å². The highest BCUT2D eigenvalue weighted by Crippen LogP contribution is 2.29. The number of nitrogens with one attached hydrogen (secondary N) is 1. The molecule has 0 spiro atoms. The number of hydrogen-bond acceptors (Lipinski definition) is 1. The van der Waals surface area contributed by atoms with Crippen molar-refractivity contribution in [2.45, 2.75) is 6.18 Å². The van der Waals surface area contributed by atoms with Crippen molar-refractivity contribution >= 4 is 10.9 Å². The van der Waals surface area contributed by atoms with Crippen molar-refractivity contribution in [2.75, 3.05) is 0 Å². The van der Waals surface area contributed by atoms with E-state index in [2.05, 4.69) is 5.10 Å². The third kappa shape index (κ3) is 1.99. The van der Waals surface area contributed by atoms with Gasteiger partial charge in [-0.25, -0.2) is 0 Å². The van der Waals surface area contributed by atoms with Crippen LogP contribution in [0.1, 0.15) is 5.56 Å². The van der Waals surface area contributed by atoms with Crippen LogP contribution in [-0.2, 0) is 6.18 Å². The Morgan fingerprint density at radius 1 is 0.950 bits per heavy atom. The highest BCUT2D eigenvalue weighted by Gasteiger charge is 2.30. The number of hydrogen-bond donors (Lipinski definition) is 1. The number of halogens is 3. The van der Waals surface area contributed by atoms with Crippen LogP contribution in [0.4, 0.5) is 13.2 Å². The fraction of sp³-hybridized carbons (Fsp3) is 0.0714. The Morgan fingerprint density at radius 3 is 2.25 bits per heavy atom. The normalized spacial score (nSPS) is 11.9. The van der Waals surface area contributed by atoms with Crippen molar-refractivity contribution < 1.29 is 13.2 Å². The minimum atomic E-state index is -4.37. The van der Waals surface area contributed by atoms with Crippen molar-refractivity contribution in [2.24, 2.45) is 0 Å². The molecule has 102 valence electrons. The summed E-state index contributed by atoms with van der Waals surface area (Å²) >= 11 is 0. The fourth-order valence-electron chi connectivity index (χ4n) is 2.09. The highest BCUT2D eigenvalue weighted by molar-refractivity contribution is 5.79. The van der Waals surface area contributed by atoms with E-state index in [1.165, 1.54) is 16.8 Å². The van der Waals surface area contributed by atoms with Crippen molar-refractivity contribution in [3.05, 3.63) is 64.4 Å². The smallest absolute Gasteiger partial charge is 0.267 e. The van der Waals surface area contributed by atoms with Gasteiger partial charge in [-0.15, -0.1) is 0 Å². The van der Waals surface area contributed by atoms with Gasteiger partial charge in [0.25, 0.3) is 5.56 Å². The van der Waals surface area contributed by atoms with E-state index in [1.54, 1.807) is 24.3 Å². The van der Waals surface area contributed by atoms with Crippen molar-refractivity contribution in [1.29, 1.82) is 0 Å². The van der Waals surface area contributed by atoms with Gasteiger partial charge in [0.05, 0.1) is 22.2 Å². The van der Waals surface area contributed by atoms with Gasteiger partial charge >= 0.3 is 6.18 Å². The Balaban J connectivity index is 2.15. The van der Waals surface area contributed by atoms with E-state index in [-0.39, 0.29) is 5.56 Å². The molecule has 1 heterocycles. The molecule has 0 saturated heterocycles. The Morgan fingerprint density at radius 2 is 1.60 bits per heavy atom. The molecule has 0 atom stereocenters. The number of nitrogens with zero attached hydrogens (tertiary/aromatic N) is 1. The van der Waals surface area contributed by atoms with E-state index in [9.17, 15) is 18.0 Å². The lowest BCUT2D eigenvalue weighted by Crippen LogP contribution is -2.06. The zero-order valence-electron chi connectivity index (χ0n) is 10.1. The first-order chi connectivity index (χ1) is 9.47. The first-order valence-electron chi connectivity index (χ1n) is 5.84. The number of H-pyrrole nitrogens is 1. The molecular formula is C14H9F3N2O. The predicted octanol–water partition coefficient (Wildman–Crippen LogP) is 3.34. The van der Waals surface area contributed by atoms with E-state index in [4.69, 9.17) is 0 Å². The van der Waals surface area contributed by atoms with Gasteiger partial charge < -0.3 is 0 Å². The zero-order valence-corrected chi connectivity index (χ0v) is 10.1. The van der Waals surface area contributed by atoms with Gasteiger partial charge in [-0.3, -0.25) is 14.6 Å². The molecule has 0 aliphatic carbocycles. The van der Waals surface area contributed by atoms with Crippen LogP contribution in [0.5, 0.6) is 0 Å². The molecule has 1 aromatic heterocycles. The van der Waals surface area contributed by atoms with Gasteiger partial charge in [-0.05, 0) is 36.4 Å². The van der Waals surface area contributed by atoms with Gasteiger partial charge in [0.2, 0.25) is 0 Å². The average molecular weight is 278 g/mol. The van der Waals surface area contributed by atoms with Crippen LogP contribution < -0.4 is 5.56 Å². The van der Waals surface area contributed by atoms with Crippen molar-refractivity contribution in [3.63, 3.8) is 0 Å². The van der Waals surface area contributed by atoms with Crippen molar-refractivity contribution in [3.8, 4) is 5.69 Å². The molecule has 0 amide bonds. The van der Waals surface area contributed by atoms with Crippen LogP contribution in [0.15, 0.2) is 53.3 Å². The first-order valence-corrected chi connectivity index (χ1v) is 5.84. The fourth-order valence-corrected chi connectivity index (χ4v) is 2.09. The van der Waals surface area contributed by atoms with Crippen LogP contribution in [0.25, 0.3) is 16.6 Å². The Kier molecular flexibility index (Phi) is 2.67. The third-order valence-electron chi connectivity index (χ3n) is 3.06. The largest absolute Gasteiger partial charge is 0.416 e. The summed E-state index contributed by atoms with van der Waals surface area (Å²) in [5.74, 6) is 0. The lowest BCUT2D eigenvalue weighted by molar-refractivity contribution is -0.137. The number of rotatable bonds is 1. The summed E-state index contributed by atoms with van der Waals surface area (Å²) < 4.78 is 39.0. The lowest BCUT2D eigenvalue weighted by atomic mass is 10.2. The molecule has 6 heteroatoms. The number of aromatic amines is 1. The molecule has 0 fully saturated rings.